The third-order valence-electron chi connectivity index (χ3n) is 2.14. The molecule has 0 saturated carbocycles. The summed E-state index contributed by atoms with van der Waals surface area (Å²) < 4.78 is 66.0. The van der Waals surface area contributed by atoms with Gasteiger partial charge in [-0.25, -0.2) is 0 Å². The zero-order valence-electron chi connectivity index (χ0n) is 9.72. The van der Waals surface area contributed by atoms with Gasteiger partial charge in [0.15, 0.2) is 0 Å². The number of rotatable bonds is 4. The first-order valence-electron chi connectivity index (χ1n) is 5.02. The first-order chi connectivity index (χ1) is 8.68. The lowest BCUT2D eigenvalue weighted by molar-refractivity contribution is -0.267. The number of hydrogen-bond acceptors (Lipinski definition) is 2. The summed E-state index contributed by atoms with van der Waals surface area (Å²) in [5, 5.41) is 1.52. The summed E-state index contributed by atoms with van der Waals surface area (Å²) in [6.45, 7) is 0.138. The lowest BCUT2D eigenvalue weighted by Crippen LogP contribution is -2.47. The lowest BCUT2D eigenvalue weighted by atomic mass is 10.2. The van der Waals surface area contributed by atoms with E-state index < -0.39 is 18.0 Å². The molecule has 3 nitrogen and oxygen atoms in total. The van der Waals surface area contributed by atoms with Crippen molar-refractivity contribution in [2.45, 2.75) is 18.7 Å². The second kappa shape index (κ2) is 5.52. The van der Waals surface area contributed by atoms with Crippen molar-refractivity contribution >= 4 is 11.6 Å². The predicted octanol–water partition coefficient (Wildman–Crippen LogP) is 2.97. The van der Waals surface area contributed by atoms with Gasteiger partial charge in [-0.2, -0.15) is 22.0 Å². The number of alkyl halides is 5. The molecule has 0 aliphatic heterocycles. The minimum Gasteiger partial charge on any atom is -0.380 e. The van der Waals surface area contributed by atoms with Crippen LogP contribution >= 0.6 is 0 Å². The third-order valence-corrected chi connectivity index (χ3v) is 2.14. The van der Waals surface area contributed by atoms with E-state index in [2.05, 4.69) is 0 Å². The Morgan fingerprint density at radius 3 is 2.42 bits per heavy atom. The number of ether oxygens (including phenoxy) is 1. The molecule has 0 fully saturated rings. The molecule has 0 aliphatic rings. The Labute approximate surface area is 105 Å². The van der Waals surface area contributed by atoms with Crippen LogP contribution in [0.25, 0.3) is 0 Å². The quantitative estimate of drug-likeness (QED) is 0.863. The number of halogens is 5. The number of methoxy groups -OCH3 is 1. The van der Waals surface area contributed by atoms with Crippen molar-refractivity contribution < 1.29 is 31.5 Å². The molecule has 0 bridgehead atoms. The fourth-order valence-corrected chi connectivity index (χ4v) is 1.24. The van der Waals surface area contributed by atoms with E-state index in [1.165, 1.54) is 30.6 Å². The van der Waals surface area contributed by atoms with Crippen LogP contribution in [0.1, 0.15) is 5.56 Å². The second-order valence-electron chi connectivity index (χ2n) is 3.66. The molecule has 0 radical (unpaired) electrons. The number of carbonyl (C=O) groups is 1. The summed E-state index contributed by atoms with van der Waals surface area (Å²) in [6, 6.07) is 5.41. The van der Waals surface area contributed by atoms with E-state index in [0.717, 1.165) is 0 Å². The van der Waals surface area contributed by atoms with Gasteiger partial charge in [0.05, 0.1) is 6.61 Å². The second-order valence-corrected chi connectivity index (χ2v) is 3.66. The molecule has 0 aliphatic carbocycles. The minimum absolute atomic E-state index is 0.138. The van der Waals surface area contributed by atoms with Crippen molar-refractivity contribution in [3.63, 3.8) is 0 Å². The van der Waals surface area contributed by atoms with Crippen LogP contribution in [-0.2, 0) is 16.1 Å². The third kappa shape index (κ3) is 3.63. The summed E-state index contributed by atoms with van der Waals surface area (Å²) in [7, 11) is 1.39. The van der Waals surface area contributed by atoms with E-state index in [1.54, 1.807) is 6.07 Å². The van der Waals surface area contributed by atoms with E-state index >= 15 is 0 Å². The molecule has 0 aromatic heterocycles. The van der Waals surface area contributed by atoms with Crippen LogP contribution in [0.2, 0.25) is 0 Å². The Balaban J connectivity index is 2.85. The Bertz CT molecular complexity index is 459. The minimum atomic E-state index is -5.93. The van der Waals surface area contributed by atoms with Crippen molar-refractivity contribution in [3.05, 3.63) is 29.8 Å². The highest BCUT2D eigenvalue weighted by atomic mass is 19.4. The van der Waals surface area contributed by atoms with Crippen LogP contribution < -0.4 is 5.32 Å². The molecular weight excluding hydrogens is 273 g/mol. The topological polar surface area (TPSA) is 38.3 Å². The number of nitrogens with one attached hydrogen (secondary N) is 1. The normalized spacial score (nSPS) is 12.3. The van der Waals surface area contributed by atoms with Crippen LogP contribution in [0.3, 0.4) is 0 Å². The van der Waals surface area contributed by atoms with E-state index in [1.807, 2.05) is 0 Å². The van der Waals surface area contributed by atoms with Crippen molar-refractivity contribution in [3.8, 4) is 0 Å². The van der Waals surface area contributed by atoms with Gasteiger partial charge in [-0.05, 0) is 17.7 Å². The highest BCUT2D eigenvalue weighted by Gasteiger charge is 2.63. The first-order valence-corrected chi connectivity index (χ1v) is 5.02. The summed E-state index contributed by atoms with van der Waals surface area (Å²) >= 11 is 0. The Hall–Kier alpha value is -1.70. The Kier molecular flexibility index (Phi) is 4.46. The fourth-order valence-electron chi connectivity index (χ4n) is 1.24. The molecule has 0 heterocycles. The van der Waals surface area contributed by atoms with Crippen LogP contribution in [-0.4, -0.2) is 25.1 Å². The Morgan fingerprint density at radius 1 is 1.26 bits per heavy atom. The maximum absolute atomic E-state index is 12.7. The van der Waals surface area contributed by atoms with Gasteiger partial charge in [0.25, 0.3) is 0 Å². The fraction of sp³-hybridized carbons (Fsp3) is 0.364. The molecule has 1 aromatic rings. The zero-order chi connectivity index (χ0) is 14.7. The summed E-state index contributed by atoms with van der Waals surface area (Å²) in [6.07, 6.45) is -5.93. The molecule has 0 spiro atoms. The number of anilines is 1. The monoisotopic (exact) mass is 283 g/mol. The number of benzene rings is 1. The highest BCUT2D eigenvalue weighted by Crippen LogP contribution is 2.36. The molecule has 1 N–H and O–H groups in total. The SMILES string of the molecule is COCc1cccc(NC(=O)C(F)(F)C(F)(F)F)c1. The van der Waals surface area contributed by atoms with Crippen molar-refractivity contribution in [1.82, 2.24) is 0 Å². The average Bonchev–Trinajstić information content (AvgIpc) is 2.28. The highest BCUT2D eigenvalue weighted by molar-refractivity contribution is 5.96. The van der Waals surface area contributed by atoms with Gasteiger partial charge in [-0.15, -0.1) is 0 Å². The van der Waals surface area contributed by atoms with Gasteiger partial charge in [0.1, 0.15) is 0 Å². The van der Waals surface area contributed by atoms with Crippen molar-refractivity contribution in [1.29, 1.82) is 0 Å². The molecule has 0 atom stereocenters. The molecule has 0 unspecified atom stereocenters. The standard InChI is InChI=1S/C11H10F5NO2/c1-19-6-7-3-2-4-8(5-7)17-9(18)10(12,13)11(14,15)16/h2-5H,6H2,1H3,(H,17,18). The van der Waals surface area contributed by atoms with E-state index in [4.69, 9.17) is 4.74 Å². The average molecular weight is 283 g/mol. The maximum atomic E-state index is 12.7. The Morgan fingerprint density at radius 2 is 1.89 bits per heavy atom. The molecule has 0 saturated heterocycles. The molecule has 1 aromatic carbocycles. The van der Waals surface area contributed by atoms with E-state index in [0.29, 0.717) is 5.56 Å². The van der Waals surface area contributed by atoms with Crippen LogP contribution in [0.5, 0.6) is 0 Å². The number of amides is 1. The van der Waals surface area contributed by atoms with Gasteiger partial charge in [-0.3, -0.25) is 4.79 Å². The predicted molar refractivity (Wildman–Crippen MR) is 56.8 cm³/mol. The smallest absolute Gasteiger partial charge is 0.380 e. The van der Waals surface area contributed by atoms with Gasteiger partial charge in [0, 0.05) is 12.8 Å². The molecule has 8 heteroatoms. The summed E-state index contributed by atoms with van der Waals surface area (Å²) in [5.41, 5.74) is 0.360. The number of carbonyl (C=O) groups excluding carboxylic acids is 1. The van der Waals surface area contributed by atoms with E-state index in [-0.39, 0.29) is 12.3 Å². The van der Waals surface area contributed by atoms with Crippen LogP contribution in [0, 0.1) is 0 Å². The summed E-state index contributed by atoms with van der Waals surface area (Å²) in [4.78, 5) is 10.9. The zero-order valence-corrected chi connectivity index (χ0v) is 9.72. The number of hydrogen-bond donors (Lipinski definition) is 1. The molecule has 19 heavy (non-hydrogen) atoms. The first kappa shape index (κ1) is 15.4. The van der Waals surface area contributed by atoms with Crippen molar-refractivity contribution in [2.75, 3.05) is 12.4 Å². The van der Waals surface area contributed by atoms with Crippen LogP contribution in [0.15, 0.2) is 24.3 Å². The van der Waals surface area contributed by atoms with Gasteiger partial charge in [0.2, 0.25) is 0 Å². The molecule has 106 valence electrons. The molecule has 1 amide bonds. The van der Waals surface area contributed by atoms with Crippen molar-refractivity contribution in [2.24, 2.45) is 0 Å². The van der Waals surface area contributed by atoms with Gasteiger partial charge >= 0.3 is 18.0 Å². The van der Waals surface area contributed by atoms with Gasteiger partial charge in [-0.1, -0.05) is 12.1 Å². The largest absolute Gasteiger partial charge is 0.463 e. The van der Waals surface area contributed by atoms with Gasteiger partial charge < -0.3 is 10.1 Å². The van der Waals surface area contributed by atoms with E-state index in [9.17, 15) is 26.7 Å². The van der Waals surface area contributed by atoms with Crippen LogP contribution in [0.4, 0.5) is 27.6 Å². The molecular formula is C11H10F5NO2. The lowest BCUT2D eigenvalue weighted by Gasteiger charge is -2.18. The molecule has 1 rings (SSSR count). The maximum Gasteiger partial charge on any atom is 0.463 e. The summed E-state index contributed by atoms with van der Waals surface area (Å²) in [5.74, 6) is -7.86.